The molecule has 1 aromatic heterocycles. The predicted octanol–water partition coefficient (Wildman–Crippen LogP) is 2.34. The molecule has 0 spiro atoms. The molecule has 1 aromatic carbocycles. The van der Waals surface area contributed by atoms with Crippen LogP contribution in [0.1, 0.15) is 5.69 Å². The van der Waals surface area contributed by atoms with Gasteiger partial charge in [-0.3, -0.25) is 0 Å². The minimum atomic E-state index is 0.466. The summed E-state index contributed by atoms with van der Waals surface area (Å²) in [6.07, 6.45) is 0. The van der Waals surface area contributed by atoms with Gasteiger partial charge in [-0.1, -0.05) is 35.9 Å². The van der Waals surface area contributed by atoms with E-state index in [1.54, 1.807) is 0 Å². The van der Waals surface area contributed by atoms with E-state index in [0.29, 0.717) is 5.15 Å². The van der Waals surface area contributed by atoms with Gasteiger partial charge in [-0.25, -0.2) is 0 Å². The Hall–Kier alpha value is -1.19. The molecule has 0 fully saturated rings. The zero-order valence-corrected chi connectivity index (χ0v) is 9.49. The second-order valence-corrected chi connectivity index (χ2v) is 4.08. The van der Waals surface area contributed by atoms with Crippen molar-refractivity contribution in [2.45, 2.75) is 6.54 Å². The van der Waals surface area contributed by atoms with Gasteiger partial charge in [-0.15, -0.1) is 5.10 Å². The van der Waals surface area contributed by atoms with E-state index in [1.165, 1.54) is 0 Å². The maximum absolute atomic E-state index is 5.98. The molecular formula is C11H12ClN3. The molecular weight excluding hydrogens is 210 g/mol. The van der Waals surface area contributed by atoms with Gasteiger partial charge in [-0.2, -0.15) is 5.10 Å². The average Bonchev–Trinajstić information content (AvgIpc) is 2.22. The second kappa shape index (κ2) is 4.13. The van der Waals surface area contributed by atoms with Gasteiger partial charge in [0.05, 0.1) is 5.69 Å². The third-order valence-electron chi connectivity index (χ3n) is 2.18. The monoisotopic (exact) mass is 221 g/mol. The highest BCUT2D eigenvalue weighted by Gasteiger charge is 2.07. The van der Waals surface area contributed by atoms with Gasteiger partial charge in [-0.05, 0) is 14.1 Å². The second-order valence-electron chi connectivity index (χ2n) is 3.72. The number of fused-ring (bicyclic) bond motifs is 1. The van der Waals surface area contributed by atoms with Crippen LogP contribution in [0, 0.1) is 0 Å². The number of aromatic nitrogens is 2. The van der Waals surface area contributed by atoms with Crippen LogP contribution in [0.15, 0.2) is 24.3 Å². The SMILES string of the molecule is CN(C)Cc1nnc(Cl)c2ccccc12. The van der Waals surface area contributed by atoms with Crippen LogP contribution in [0.4, 0.5) is 0 Å². The van der Waals surface area contributed by atoms with Gasteiger partial charge in [0, 0.05) is 17.3 Å². The fourth-order valence-electron chi connectivity index (χ4n) is 1.54. The molecule has 3 nitrogen and oxygen atoms in total. The maximum atomic E-state index is 5.98. The summed E-state index contributed by atoms with van der Waals surface area (Å²) >= 11 is 5.98. The molecule has 0 saturated carbocycles. The highest BCUT2D eigenvalue weighted by Crippen LogP contribution is 2.22. The van der Waals surface area contributed by atoms with E-state index < -0.39 is 0 Å². The number of hydrogen-bond acceptors (Lipinski definition) is 3. The lowest BCUT2D eigenvalue weighted by atomic mass is 10.1. The summed E-state index contributed by atoms with van der Waals surface area (Å²) in [6, 6.07) is 7.93. The lowest BCUT2D eigenvalue weighted by Crippen LogP contribution is -2.12. The van der Waals surface area contributed by atoms with E-state index in [0.717, 1.165) is 23.0 Å². The van der Waals surface area contributed by atoms with Crippen LogP contribution in [-0.2, 0) is 6.54 Å². The van der Waals surface area contributed by atoms with Crippen molar-refractivity contribution < 1.29 is 0 Å². The Morgan fingerprint density at radius 2 is 1.80 bits per heavy atom. The topological polar surface area (TPSA) is 29.0 Å². The summed E-state index contributed by atoms with van der Waals surface area (Å²) in [5.41, 5.74) is 0.958. The number of rotatable bonds is 2. The Bertz CT molecular complexity index is 482. The molecule has 2 aromatic rings. The van der Waals surface area contributed by atoms with E-state index in [-0.39, 0.29) is 0 Å². The normalized spacial score (nSPS) is 11.2. The molecule has 0 amide bonds. The highest BCUT2D eigenvalue weighted by molar-refractivity contribution is 6.34. The maximum Gasteiger partial charge on any atom is 0.159 e. The molecule has 2 rings (SSSR count). The summed E-state index contributed by atoms with van der Waals surface area (Å²) in [5, 5.41) is 10.6. The molecule has 0 bridgehead atoms. The van der Waals surface area contributed by atoms with Crippen molar-refractivity contribution in [1.82, 2.24) is 15.1 Å². The van der Waals surface area contributed by atoms with Gasteiger partial charge in [0.2, 0.25) is 0 Å². The molecule has 0 unspecified atom stereocenters. The molecule has 0 N–H and O–H groups in total. The van der Waals surface area contributed by atoms with Crippen molar-refractivity contribution in [2.75, 3.05) is 14.1 Å². The zero-order chi connectivity index (χ0) is 10.8. The van der Waals surface area contributed by atoms with Crippen molar-refractivity contribution in [3.63, 3.8) is 0 Å². The van der Waals surface area contributed by atoms with Crippen LogP contribution < -0.4 is 0 Å². The third-order valence-corrected chi connectivity index (χ3v) is 2.46. The van der Waals surface area contributed by atoms with Gasteiger partial charge in [0.25, 0.3) is 0 Å². The molecule has 0 saturated heterocycles. The minimum Gasteiger partial charge on any atom is -0.303 e. The molecule has 0 aliphatic carbocycles. The Labute approximate surface area is 93.7 Å². The minimum absolute atomic E-state index is 0.466. The van der Waals surface area contributed by atoms with E-state index in [4.69, 9.17) is 11.6 Å². The lowest BCUT2D eigenvalue weighted by Gasteiger charge is -2.10. The summed E-state index contributed by atoms with van der Waals surface area (Å²) in [4.78, 5) is 2.06. The van der Waals surface area contributed by atoms with E-state index in [9.17, 15) is 0 Å². The van der Waals surface area contributed by atoms with Crippen LogP contribution in [0.25, 0.3) is 10.8 Å². The van der Waals surface area contributed by atoms with Crippen LogP contribution >= 0.6 is 11.6 Å². The molecule has 0 aliphatic heterocycles. The van der Waals surface area contributed by atoms with Gasteiger partial charge < -0.3 is 4.90 Å². The molecule has 78 valence electrons. The molecule has 0 aliphatic rings. The van der Waals surface area contributed by atoms with Gasteiger partial charge in [0.1, 0.15) is 0 Å². The summed E-state index contributed by atoms with van der Waals surface area (Å²) in [7, 11) is 4.01. The largest absolute Gasteiger partial charge is 0.303 e. The average molecular weight is 222 g/mol. The van der Waals surface area contributed by atoms with Crippen molar-refractivity contribution in [1.29, 1.82) is 0 Å². The number of halogens is 1. The Morgan fingerprint density at radius 3 is 2.47 bits per heavy atom. The molecule has 1 heterocycles. The summed E-state index contributed by atoms with van der Waals surface area (Å²) in [6.45, 7) is 0.769. The molecule has 0 atom stereocenters. The smallest absolute Gasteiger partial charge is 0.159 e. The van der Waals surface area contributed by atoms with Gasteiger partial charge in [0.15, 0.2) is 5.15 Å². The Kier molecular flexibility index (Phi) is 2.84. The quantitative estimate of drug-likeness (QED) is 0.780. The molecule has 4 heteroatoms. The first-order valence-corrected chi connectivity index (χ1v) is 5.11. The van der Waals surface area contributed by atoms with Crippen molar-refractivity contribution in [3.8, 4) is 0 Å². The molecule has 0 radical (unpaired) electrons. The Balaban J connectivity index is 2.61. The standard InChI is InChI=1S/C11H12ClN3/c1-15(2)7-10-8-5-3-4-6-9(8)11(12)14-13-10/h3-6H,7H2,1-2H3. The van der Waals surface area contributed by atoms with Crippen LogP contribution in [-0.4, -0.2) is 29.2 Å². The first-order chi connectivity index (χ1) is 7.18. The summed E-state index contributed by atoms with van der Waals surface area (Å²) in [5.74, 6) is 0. The molecule has 15 heavy (non-hydrogen) atoms. The van der Waals surface area contributed by atoms with E-state index in [1.807, 2.05) is 38.4 Å². The van der Waals surface area contributed by atoms with Gasteiger partial charge >= 0.3 is 0 Å². The first kappa shape index (κ1) is 10.3. The Morgan fingerprint density at radius 1 is 1.13 bits per heavy atom. The van der Waals surface area contributed by atoms with Crippen molar-refractivity contribution >= 4 is 22.4 Å². The fraction of sp³-hybridized carbons (Fsp3) is 0.273. The van der Waals surface area contributed by atoms with Crippen molar-refractivity contribution in [2.24, 2.45) is 0 Å². The third kappa shape index (κ3) is 2.08. The van der Waals surface area contributed by atoms with Crippen LogP contribution in [0.2, 0.25) is 5.15 Å². The van der Waals surface area contributed by atoms with Crippen molar-refractivity contribution in [3.05, 3.63) is 35.1 Å². The lowest BCUT2D eigenvalue weighted by molar-refractivity contribution is 0.397. The van der Waals surface area contributed by atoms with E-state index >= 15 is 0 Å². The number of hydrogen-bond donors (Lipinski definition) is 0. The van der Waals surface area contributed by atoms with Crippen LogP contribution in [0.3, 0.4) is 0 Å². The highest BCUT2D eigenvalue weighted by atomic mass is 35.5. The van der Waals surface area contributed by atoms with Crippen LogP contribution in [0.5, 0.6) is 0 Å². The predicted molar refractivity (Wildman–Crippen MR) is 61.9 cm³/mol. The zero-order valence-electron chi connectivity index (χ0n) is 8.74. The van der Waals surface area contributed by atoms with E-state index in [2.05, 4.69) is 15.1 Å². The first-order valence-electron chi connectivity index (χ1n) is 4.73. The number of benzene rings is 1. The summed E-state index contributed by atoms with van der Waals surface area (Å²) < 4.78 is 0. The fourth-order valence-corrected chi connectivity index (χ4v) is 1.75. The number of nitrogens with zero attached hydrogens (tertiary/aromatic N) is 3.